The average molecular weight is 587 g/mol. The van der Waals surface area contributed by atoms with E-state index < -0.39 is 78.6 Å². The highest BCUT2D eigenvalue weighted by Gasteiger charge is 2.22. The van der Waals surface area contributed by atoms with Crippen LogP contribution in [0.2, 0.25) is 0 Å². The van der Waals surface area contributed by atoms with E-state index in [4.69, 9.17) is 18.1 Å². The average Bonchev–Trinajstić information content (AvgIpc) is 3.64. The van der Waals surface area contributed by atoms with Gasteiger partial charge in [-0.25, -0.2) is 0 Å². The van der Waals surface area contributed by atoms with E-state index in [2.05, 4.69) is 0 Å². The molecule has 0 fully saturated rings. The van der Waals surface area contributed by atoms with Gasteiger partial charge in [-0.1, -0.05) is 151 Å². The number of furan rings is 1. The smallest absolute Gasteiger partial charge is 0.143 e. The van der Waals surface area contributed by atoms with E-state index in [1.807, 2.05) is 6.07 Å². The molecule has 9 aromatic rings. The molecular formula is C44H28O. The molecule has 1 heterocycles. The third-order valence-electron chi connectivity index (χ3n) is 8.14. The molecule has 0 saturated carbocycles. The second kappa shape index (κ2) is 10.4. The zero-order valence-corrected chi connectivity index (χ0v) is 23.5. The van der Waals surface area contributed by atoms with Gasteiger partial charge in [0.1, 0.15) is 11.2 Å². The van der Waals surface area contributed by atoms with Crippen molar-refractivity contribution in [3.8, 4) is 44.5 Å². The first-order valence-electron chi connectivity index (χ1n) is 21.3. The van der Waals surface area contributed by atoms with Gasteiger partial charge in [0.05, 0.1) is 19.2 Å². The molecule has 45 heavy (non-hydrogen) atoms. The zero-order valence-electron chi connectivity index (χ0n) is 37.5. The van der Waals surface area contributed by atoms with E-state index in [-0.39, 0.29) is 54.9 Å². The Morgan fingerprint density at radius 1 is 0.400 bits per heavy atom. The first-order chi connectivity index (χ1) is 28.1. The molecule has 0 spiro atoms. The van der Waals surface area contributed by atoms with Crippen LogP contribution in [0.15, 0.2) is 174 Å². The van der Waals surface area contributed by atoms with Crippen LogP contribution in [0, 0.1) is 0 Å². The standard InChI is InChI=1S/C44H28O/c1-3-14-29(15-4-1)31-18-13-19-32(28-31)41-34-20-7-9-22-36(34)42(37-23-10-8-21-35(37)41)39-27-26-33(30-16-5-2-6-17-30)44-43(39)38-24-11-12-25-40(38)45-44/h1-28H/i1D,2D,5D,6D,7D,8D,9D,10D,16D,17D,20D,21D,22D,23D. The summed E-state index contributed by atoms with van der Waals surface area (Å²) in [6.45, 7) is 0. The van der Waals surface area contributed by atoms with Crippen molar-refractivity contribution in [2.45, 2.75) is 0 Å². The number of hydrogen-bond donors (Lipinski definition) is 0. The summed E-state index contributed by atoms with van der Waals surface area (Å²) < 4.78 is 130. The van der Waals surface area contributed by atoms with Gasteiger partial charge in [0.2, 0.25) is 0 Å². The van der Waals surface area contributed by atoms with Crippen LogP contribution < -0.4 is 0 Å². The van der Waals surface area contributed by atoms with Crippen molar-refractivity contribution in [3.63, 3.8) is 0 Å². The normalized spacial score (nSPS) is 15.9. The number of fused-ring (bicyclic) bond motifs is 5. The minimum atomic E-state index is -0.571. The number of para-hydroxylation sites is 1. The van der Waals surface area contributed by atoms with Crippen LogP contribution in [0.3, 0.4) is 0 Å². The van der Waals surface area contributed by atoms with Crippen molar-refractivity contribution in [1.29, 1.82) is 0 Å². The van der Waals surface area contributed by atoms with Crippen LogP contribution in [0.5, 0.6) is 0 Å². The van der Waals surface area contributed by atoms with Crippen molar-refractivity contribution >= 4 is 43.5 Å². The van der Waals surface area contributed by atoms with Gasteiger partial charge >= 0.3 is 0 Å². The molecule has 0 N–H and O–H groups in total. The molecule has 1 nitrogen and oxygen atoms in total. The van der Waals surface area contributed by atoms with E-state index in [1.54, 1.807) is 72.8 Å². The highest BCUT2D eigenvalue weighted by molar-refractivity contribution is 6.26. The molecule has 0 atom stereocenters. The molecule has 1 aromatic heterocycles. The maximum absolute atomic E-state index is 9.47. The van der Waals surface area contributed by atoms with Crippen LogP contribution in [0.4, 0.5) is 0 Å². The van der Waals surface area contributed by atoms with E-state index in [1.165, 1.54) is 6.07 Å². The summed E-state index contributed by atoms with van der Waals surface area (Å²) in [6, 6.07) is 17.6. The second-order valence-corrected chi connectivity index (χ2v) is 10.6. The van der Waals surface area contributed by atoms with E-state index in [9.17, 15) is 5.48 Å². The molecule has 0 saturated heterocycles. The first-order valence-corrected chi connectivity index (χ1v) is 14.3. The molecule has 0 aliphatic carbocycles. The fourth-order valence-electron chi connectivity index (χ4n) is 6.23. The fraction of sp³-hybridized carbons (Fsp3) is 0. The van der Waals surface area contributed by atoms with Gasteiger partial charge in [-0.05, 0) is 78.7 Å². The second-order valence-electron chi connectivity index (χ2n) is 10.6. The Labute approximate surface area is 281 Å². The van der Waals surface area contributed by atoms with Crippen molar-refractivity contribution in [2.75, 3.05) is 0 Å². The van der Waals surface area contributed by atoms with Crippen LogP contribution in [0.1, 0.15) is 19.2 Å². The lowest BCUT2D eigenvalue weighted by molar-refractivity contribution is 0.670. The molecule has 0 unspecified atom stereocenters. The summed E-state index contributed by atoms with van der Waals surface area (Å²) >= 11 is 0. The Balaban J connectivity index is 1.53. The van der Waals surface area contributed by atoms with Gasteiger partial charge in [-0.3, -0.25) is 0 Å². The van der Waals surface area contributed by atoms with Crippen LogP contribution in [-0.4, -0.2) is 0 Å². The monoisotopic (exact) mass is 586 g/mol. The molecule has 0 aliphatic heterocycles. The summed E-state index contributed by atoms with van der Waals surface area (Å²) in [5.41, 5.74) is 2.86. The third kappa shape index (κ3) is 4.09. The minimum Gasteiger partial charge on any atom is -0.455 e. The van der Waals surface area contributed by atoms with Crippen LogP contribution in [-0.2, 0) is 0 Å². The Bertz CT molecular complexity index is 3210. The summed E-state index contributed by atoms with van der Waals surface area (Å²) in [4.78, 5) is 0. The molecule has 0 radical (unpaired) electrons. The van der Waals surface area contributed by atoms with Gasteiger partial charge in [-0.2, -0.15) is 0 Å². The molecule has 0 aliphatic rings. The van der Waals surface area contributed by atoms with Crippen molar-refractivity contribution < 1.29 is 23.6 Å². The lowest BCUT2D eigenvalue weighted by Gasteiger charge is -2.19. The van der Waals surface area contributed by atoms with Gasteiger partial charge in [0.25, 0.3) is 0 Å². The highest BCUT2D eigenvalue weighted by atomic mass is 16.3. The van der Waals surface area contributed by atoms with Gasteiger partial charge in [0.15, 0.2) is 0 Å². The van der Waals surface area contributed by atoms with Crippen molar-refractivity contribution in [3.05, 3.63) is 170 Å². The molecular weight excluding hydrogens is 544 g/mol. The lowest BCUT2D eigenvalue weighted by atomic mass is 9.84. The Hall–Kier alpha value is -5.92. The Kier molecular flexibility index (Phi) is 3.50. The number of hydrogen-bond acceptors (Lipinski definition) is 1. The molecule has 8 aromatic carbocycles. The van der Waals surface area contributed by atoms with Crippen molar-refractivity contribution in [1.82, 2.24) is 0 Å². The molecule has 9 rings (SSSR count). The Morgan fingerprint density at radius 3 is 1.73 bits per heavy atom. The van der Waals surface area contributed by atoms with Gasteiger partial charge in [0, 0.05) is 16.3 Å². The van der Waals surface area contributed by atoms with Gasteiger partial charge < -0.3 is 4.42 Å². The van der Waals surface area contributed by atoms with E-state index in [0.29, 0.717) is 33.5 Å². The molecule has 0 bridgehead atoms. The summed E-state index contributed by atoms with van der Waals surface area (Å²) in [6.07, 6.45) is 0. The van der Waals surface area contributed by atoms with Gasteiger partial charge in [-0.15, -0.1) is 0 Å². The topological polar surface area (TPSA) is 13.1 Å². The predicted octanol–water partition coefficient (Wildman–Crippen LogP) is 12.6. The molecule has 0 amide bonds. The summed E-state index contributed by atoms with van der Waals surface area (Å²) in [5, 5.41) is 0.824. The third-order valence-corrected chi connectivity index (χ3v) is 8.14. The maximum atomic E-state index is 9.47. The predicted molar refractivity (Wildman–Crippen MR) is 190 cm³/mol. The number of benzene rings is 8. The van der Waals surface area contributed by atoms with E-state index >= 15 is 0 Å². The van der Waals surface area contributed by atoms with Crippen LogP contribution in [0.25, 0.3) is 88.0 Å². The van der Waals surface area contributed by atoms with Crippen LogP contribution >= 0.6 is 0 Å². The minimum absolute atomic E-state index is 0.0119. The SMILES string of the molecule is [2H]c1ccc(-c2cccc(-c3c4c([2H])c([2H])c([2H])c([2H])c4c(-c4ccc(-c5c([2H])c([2H])c([2H])c([2H])c5[2H])c5oc6ccccc6c45)c4c([2H])c([2H])c([2H])c([2H])c34)c2)cc1. The first kappa shape index (κ1) is 15.2. The largest absolute Gasteiger partial charge is 0.455 e. The molecule has 1 heteroatoms. The lowest BCUT2D eigenvalue weighted by Crippen LogP contribution is -1.92. The van der Waals surface area contributed by atoms with E-state index in [0.717, 1.165) is 5.56 Å². The maximum Gasteiger partial charge on any atom is 0.143 e. The zero-order chi connectivity index (χ0) is 41.9. The number of rotatable bonds is 4. The summed E-state index contributed by atoms with van der Waals surface area (Å²) in [7, 11) is 0. The van der Waals surface area contributed by atoms with Crippen molar-refractivity contribution in [2.24, 2.45) is 0 Å². The highest BCUT2D eigenvalue weighted by Crippen LogP contribution is 2.48. The summed E-state index contributed by atoms with van der Waals surface area (Å²) in [5.74, 6) is 0. The Morgan fingerprint density at radius 2 is 1.00 bits per heavy atom. The quantitative estimate of drug-likeness (QED) is 0.187. The fourth-order valence-corrected chi connectivity index (χ4v) is 6.23. The molecule has 210 valence electrons.